The van der Waals surface area contributed by atoms with Crippen LogP contribution >= 0.6 is 0 Å². The first kappa shape index (κ1) is 11.5. The number of halogens is 2. The Balaban J connectivity index is 2.19. The lowest BCUT2D eigenvalue weighted by molar-refractivity contribution is -0.147. The van der Waals surface area contributed by atoms with Crippen LogP contribution in [0.25, 0.3) is 0 Å². The molecule has 2 rings (SSSR count). The number of carbonyl (C=O) groups excluding carboxylic acids is 1. The number of hydrogen-bond acceptors (Lipinski definition) is 2. The van der Waals surface area contributed by atoms with Crippen molar-refractivity contribution in [1.82, 2.24) is 0 Å². The number of carbonyl (C=O) groups is 2. The Hall–Kier alpha value is -1.98. The maximum Gasteiger partial charge on any atom is 0.319 e. The van der Waals surface area contributed by atoms with E-state index in [4.69, 9.17) is 5.11 Å². The highest BCUT2D eigenvalue weighted by Crippen LogP contribution is 2.46. The number of carboxylic acid groups (broad SMARTS) is 1. The number of hydrogen-bond donors (Lipinski definition) is 2. The van der Waals surface area contributed by atoms with Crippen molar-refractivity contribution >= 4 is 17.6 Å². The summed E-state index contributed by atoms with van der Waals surface area (Å²) in [7, 11) is 0. The summed E-state index contributed by atoms with van der Waals surface area (Å²) in [5, 5.41) is 10.9. The van der Waals surface area contributed by atoms with Crippen LogP contribution in [0, 0.1) is 17.0 Å². The summed E-state index contributed by atoms with van der Waals surface area (Å²) < 4.78 is 26.0. The Kier molecular flexibility index (Phi) is 2.57. The van der Waals surface area contributed by atoms with Gasteiger partial charge in [-0.15, -0.1) is 0 Å². The summed E-state index contributed by atoms with van der Waals surface area (Å²) in [6, 6.07) is 2.59. The lowest BCUT2D eigenvalue weighted by Crippen LogP contribution is -2.31. The highest BCUT2D eigenvalue weighted by Gasteiger charge is 2.57. The average molecular weight is 241 g/mol. The van der Waals surface area contributed by atoms with Crippen molar-refractivity contribution in [2.45, 2.75) is 12.8 Å². The zero-order valence-electron chi connectivity index (χ0n) is 8.67. The van der Waals surface area contributed by atoms with Gasteiger partial charge in [-0.1, -0.05) is 0 Å². The van der Waals surface area contributed by atoms with E-state index in [-0.39, 0.29) is 18.5 Å². The first-order chi connectivity index (χ1) is 7.95. The number of aliphatic carboxylic acids is 1. The molecule has 4 nitrogen and oxygen atoms in total. The number of nitrogens with one attached hydrogen (secondary N) is 1. The number of rotatable bonds is 3. The minimum absolute atomic E-state index is 0.213. The normalized spacial score (nSPS) is 16.4. The van der Waals surface area contributed by atoms with Gasteiger partial charge < -0.3 is 10.4 Å². The van der Waals surface area contributed by atoms with Crippen LogP contribution in [0.3, 0.4) is 0 Å². The number of amides is 1. The molecule has 1 aliphatic rings. The first-order valence-corrected chi connectivity index (χ1v) is 4.95. The summed E-state index contributed by atoms with van der Waals surface area (Å²) in [5.74, 6) is -3.57. The maximum absolute atomic E-state index is 13.2. The van der Waals surface area contributed by atoms with E-state index in [9.17, 15) is 18.4 Å². The first-order valence-electron chi connectivity index (χ1n) is 4.95. The highest BCUT2D eigenvalue weighted by atomic mass is 19.1. The maximum atomic E-state index is 13.2. The molecule has 1 amide bonds. The molecule has 90 valence electrons. The molecular formula is C11H9F2NO3. The molecule has 0 radical (unpaired) electrons. The molecule has 17 heavy (non-hydrogen) atoms. The molecule has 1 saturated carbocycles. The van der Waals surface area contributed by atoms with Gasteiger partial charge in [0.05, 0.1) is 5.69 Å². The van der Waals surface area contributed by atoms with Crippen LogP contribution < -0.4 is 5.32 Å². The molecular weight excluding hydrogens is 232 g/mol. The van der Waals surface area contributed by atoms with Crippen LogP contribution in [0.15, 0.2) is 18.2 Å². The number of benzene rings is 1. The van der Waals surface area contributed by atoms with Crippen LogP contribution in [0.2, 0.25) is 0 Å². The molecule has 0 bridgehead atoms. The van der Waals surface area contributed by atoms with Gasteiger partial charge in [-0.3, -0.25) is 9.59 Å². The van der Waals surface area contributed by atoms with Crippen LogP contribution in [-0.2, 0) is 9.59 Å². The topological polar surface area (TPSA) is 66.4 Å². The quantitative estimate of drug-likeness (QED) is 0.792. The molecule has 1 fully saturated rings. The van der Waals surface area contributed by atoms with Crippen molar-refractivity contribution in [3.63, 3.8) is 0 Å². The Morgan fingerprint density at radius 3 is 2.47 bits per heavy atom. The average Bonchev–Trinajstić information content (AvgIpc) is 3.04. The fraction of sp³-hybridized carbons (Fsp3) is 0.273. The molecule has 0 unspecified atom stereocenters. The van der Waals surface area contributed by atoms with Crippen molar-refractivity contribution in [3.8, 4) is 0 Å². The van der Waals surface area contributed by atoms with E-state index in [2.05, 4.69) is 5.32 Å². The van der Waals surface area contributed by atoms with Gasteiger partial charge in [-0.2, -0.15) is 0 Å². The second-order valence-electron chi connectivity index (χ2n) is 3.97. The Bertz CT molecular complexity index is 497. The third-order valence-electron chi connectivity index (χ3n) is 2.77. The molecule has 1 aliphatic carbocycles. The fourth-order valence-corrected chi connectivity index (χ4v) is 1.50. The second-order valence-corrected chi connectivity index (χ2v) is 3.97. The van der Waals surface area contributed by atoms with E-state index in [1.165, 1.54) is 0 Å². The predicted octanol–water partition coefficient (Wildman–Crippen LogP) is 1.77. The molecule has 0 spiro atoms. The summed E-state index contributed by atoms with van der Waals surface area (Å²) in [6.45, 7) is 0. The third kappa shape index (κ3) is 1.98. The zero-order valence-corrected chi connectivity index (χ0v) is 8.67. The van der Waals surface area contributed by atoms with Gasteiger partial charge in [0.15, 0.2) is 0 Å². The number of anilines is 1. The van der Waals surface area contributed by atoms with Crippen molar-refractivity contribution < 1.29 is 23.5 Å². The molecule has 0 aliphatic heterocycles. The van der Waals surface area contributed by atoms with Gasteiger partial charge in [0.2, 0.25) is 5.91 Å². The van der Waals surface area contributed by atoms with E-state index in [0.29, 0.717) is 0 Å². The summed E-state index contributed by atoms with van der Waals surface area (Å²) >= 11 is 0. The lowest BCUT2D eigenvalue weighted by Gasteiger charge is -2.11. The van der Waals surface area contributed by atoms with Gasteiger partial charge in [0.1, 0.15) is 17.0 Å². The smallest absolute Gasteiger partial charge is 0.319 e. The molecule has 0 saturated heterocycles. The third-order valence-corrected chi connectivity index (χ3v) is 2.77. The van der Waals surface area contributed by atoms with Gasteiger partial charge in [-0.05, 0) is 25.0 Å². The van der Waals surface area contributed by atoms with E-state index in [1.54, 1.807) is 0 Å². The van der Waals surface area contributed by atoms with Gasteiger partial charge >= 0.3 is 5.97 Å². The van der Waals surface area contributed by atoms with Crippen LogP contribution in [0.4, 0.5) is 14.5 Å². The fourth-order valence-electron chi connectivity index (χ4n) is 1.50. The molecule has 6 heteroatoms. The van der Waals surface area contributed by atoms with E-state index in [1.807, 2.05) is 0 Å². The largest absolute Gasteiger partial charge is 0.480 e. The molecule has 1 aromatic carbocycles. The molecule has 0 heterocycles. The summed E-state index contributed by atoms with van der Waals surface area (Å²) in [4.78, 5) is 22.5. The second kappa shape index (κ2) is 3.80. The van der Waals surface area contributed by atoms with Crippen LogP contribution in [-0.4, -0.2) is 17.0 Å². The van der Waals surface area contributed by atoms with Crippen LogP contribution in [0.1, 0.15) is 12.8 Å². The van der Waals surface area contributed by atoms with Crippen molar-refractivity contribution in [2.75, 3.05) is 5.32 Å². The highest BCUT2D eigenvalue weighted by molar-refractivity contribution is 6.10. The molecule has 1 aromatic rings. The standard InChI is InChI=1S/C11H9F2NO3/c12-6-1-2-7(13)8(5-6)14-9(15)11(3-4-11)10(16)17/h1-2,5H,3-4H2,(H,14,15)(H,16,17). The van der Waals surface area contributed by atoms with E-state index >= 15 is 0 Å². The van der Waals surface area contributed by atoms with Crippen molar-refractivity contribution in [2.24, 2.45) is 5.41 Å². The van der Waals surface area contributed by atoms with Crippen molar-refractivity contribution in [3.05, 3.63) is 29.8 Å². The van der Waals surface area contributed by atoms with Crippen LogP contribution in [0.5, 0.6) is 0 Å². The van der Waals surface area contributed by atoms with Gasteiger partial charge in [-0.25, -0.2) is 8.78 Å². The predicted molar refractivity (Wildman–Crippen MR) is 54.3 cm³/mol. The minimum atomic E-state index is -1.47. The monoisotopic (exact) mass is 241 g/mol. The lowest BCUT2D eigenvalue weighted by atomic mass is 10.1. The van der Waals surface area contributed by atoms with E-state index in [0.717, 1.165) is 18.2 Å². The van der Waals surface area contributed by atoms with Gasteiger partial charge in [0.25, 0.3) is 0 Å². The Morgan fingerprint density at radius 1 is 1.29 bits per heavy atom. The molecule has 0 atom stereocenters. The summed E-state index contributed by atoms with van der Waals surface area (Å²) in [5.41, 5.74) is -1.82. The van der Waals surface area contributed by atoms with Gasteiger partial charge in [0, 0.05) is 6.07 Å². The van der Waals surface area contributed by atoms with E-state index < -0.39 is 28.9 Å². The van der Waals surface area contributed by atoms with Crippen molar-refractivity contribution in [1.29, 1.82) is 0 Å². The zero-order chi connectivity index (χ0) is 12.6. The Labute approximate surface area is 95.2 Å². The molecule has 0 aromatic heterocycles. The summed E-state index contributed by atoms with van der Waals surface area (Å²) in [6.07, 6.45) is 0.427. The SMILES string of the molecule is O=C(O)C1(C(=O)Nc2cc(F)ccc2F)CC1. The molecule has 2 N–H and O–H groups in total. The number of carboxylic acids is 1. The Morgan fingerprint density at radius 2 is 1.94 bits per heavy atom. The minimum Gasteiger partial charge on any atom is -0.480 e.